The van der Waals surface area contributed by atoms with E-state index in [1.807, 2.05) is 0 Å². The minimum Gasteiger partial charge on any atom is -0.309 e. The van der Waals surface area contributed by atoms with Crippen LogP contribution in [0.4, 0.5) is 0 Å². The molecule has 2 heterocycles. The molecule has 13 aromatic rings. The van der Waals surface area contributed by atoms with Crippen molar-refractivity contribution in [1.29, 1.82) is 0 Å². The Balaban J connectivity index is 1.08. The molecular formula is C68H46N2. The smallest absolute Gasteiger partial charge is 0.0713 e. The van der Waals surface area contributed by atoms with Gasteiger partial charge in [-0.3, -0.25) is 0 Å². The number of aromatic nitrogens is 2. The molecule has 2 nitrogen and oxygen atoms in total. The van der Waals surface area contributed by atoms with Crippen molar-refractivity contribution < 1.29 is 0 Å². The molecule has 0 N–H and O–H groups in total. The first kappa shape index (κ1) is 40.1. The molecule has 0 amide bonds. The molecule has 11 aromatic carbocycles. The molecule has 2 aromatic heterocycles. The van der Waals surface area contributed by atoms with E-state index in [2.05, 4.69) is 282 Å². The molecule has 1 aliphatic rings. The fraction of sp³-hybridized carbons (Fsp3) is 0.0294. The normalized spacial score (nSPS) is 13.2. The first-order valence-corrected chi connectivity index (χ1v) is 24.4. The summed E-state index contributed by atoms with van der Waals surface area (Å²) in [6.07, 6.45) is 0. The van der Waals surface area contributed by atoms with Gasteiger partial charge in [0, 0.05) is 38.8 Å². The summed E-state index contributed by atoms with van der Waals surface area (Å²) in [5.74, 6) is -0.141. The Bertz CT molecular complexity index is 4050. The first-order valence-electron chi connectivity index (χ1n) is 24.4. The molecule has 1 atom stereocenters. The molecular weight excluding hydrogens is 845 g/mol. The zero-order chi connectivity index (χ0) is 46.2. The number of hydrogen-bond acceptors (Lipinski definition) is 0. The molecule has 0 fully saturated rings. The van der Waals surface area contributed by atoms with Crippen molar-refractivity contribution >= 4 is 43.6 Å². The monoisotopic (exact) mass is 890 g/mol. The van der Waals surface area contributed by atoms with E-state index >= 15 is 0 Å². The van der Waals surface area contributed by atoms with Crippen LogP contribution in [0.3, 0.4) is 0 Å². The summed E-state index contributed by atoms with van der Waals surface area (Å²) >= 11 is 0. The number of fused-ring (bicyclic) bond motifs is 9. The Labute approximate surface area is 407 Å². The predicted molar refractivity (Wildman–Crippen MR) is 292 cm³/mol. The Morgan fingerprint density at radius 3 is 1.47 bits per heavy atom. The SMILES string of the molecule is c1ccc(C(c2ccc3c(c2)C(c2ccccc2)(c2ccccc2)c2ccccc2-3)c2cc(-c3ccc4c(c3)c3ccccc3n4-c3ccccc3)cc3c4ccccc4n(-c4ccccc4)c23)cc1. The van der Waals surface area contributed by atoms with Gasteiger partial charge in [-0.2, -0.15) is 0 Å². The van der Waals surface area contributed by atoms with Crippen molar-refractivity contribution in [3.63, 3.8) is 0 Å². The van der Waals surface area contributed by atoms with Crippen molar-refractivity contribution in [1.82, 2.24) is 9.13 Å². The number of hydrogen-bond donors (Lipinski definition) is 0. The highest BCUT2D eigenvalue weighted by Crippen LogP contribution is 2.57. The molecule has 70 heavy (non-hydrogen) atoms. The molecule has 0 bridgehead atoms. The maximum atomic E-state index is 2.56. The maximum Gasteiger partial charge on any atom is 0.0713 e. The van der Waals surface area contributed by atoms with Crippen LogP contribution in [0.25, 0.3) is 77.2 Å². The molecule has 14 rings (SSSR count). The fourth-order valence-electron chi connectivity index (χ4n) is 12.2. The van der Waals surface area contributed by atoms with Gasteiger partial charge in [0.1, 0.15) is 0 Å². The van der Waals surface area contributed by atoms with Gasteiger partial charge in [-0.15, -0.1) is 0 Å². The van der Waals surface area contributed by atoms with E-state index in [1.165, 1.54) is 105 Å². The van der Waals surface area contributed by atoms with Crippen molar-refractivity contribution in [3.05, 3.63) is 312 Å². The summed E-state index contributed by atoms with van der Waals surface area (Å²) in [6, 6.07) is 101. The molecule has 0 saturated heterocycles. The number of nitrogens with zero attached hydrogens (tertiary/aromatic N) is 2. The van der Waals surface area contributed by atoms with Gasteiger partial charge in [0.15, 0.2) is 0 Å². The third kappa shape index (κ3) is 6.00. The van der Waals surface area contributed by atoms with Crippen LogP contribution < -0.4 is 0 Å². The third-order valence-corrected chi connectivity index (χ3v) is 15.1. The van der Waals surface area contributed by atoms with Crippen LogP contribution in [0, 0.1) is 0 Å². The van der Waals surface area contributed by atoms with Gasteiger partial charge in [0.25, 0.3) is 0 Å². The summed E-state index contributed by atoms with van der Waals surface area (Å²) in [7, 11) is 0. The van der Waals surface area contributed by atoms with Crippen molar-refractivity contribution in [2.75, 3.05) is 0 Å². The maximum absolute atomic E-state index is 2.56. The number of benzene rings is 11. The van der Waals surface area contributed by atoms with Gasteiger partial charge in [-0.05, 0) is 122 Å². The Hall–Kier alpha value is -8.98. The van der Waals surface area contributed by atoms with Crippen LogP contribution in [0.2, 0.25) is 0 Å². The highest BCUT2D eigenvalue weighted by molar-refractivity contribution is 6.13. The summed E-state index contributed by atoms with van der Waals surface area (Å²) in [5, 5.41) is 4.94. The van der Waals surface area contributed by atoms with Crippen LogP contribution >= 0.6 is 0 Å². The molecule has 0 saturated carbocycles. The van der Waals surface area contributed by atoms with Crippen molar-refractivity contribution in [2.45, 2.75) is 11.3 Å². The van der Waals surface area contributed by atoms with Crippen LogP contribution in [0.1, 0.15) is 44.9 Å². The number of para-hydroxylation sites is 4. The van der Waals surface area contributed by atoms with E-state index < -0.39 is 5.41 Å². The van der Waals surface area contributed by atoms with Gasteiger partial charge < -0.3 is 9.13 Å². The zero-order valence-electron chi connectivity index (χ0n) is 38.5. The Morgan fingerprint density at radius 2 is 0.800 bits per heavy atom. The molecule has 0 radical (unpaired) electrons. The summed E-state index contributed by atoms with van der Waals surface area (Å²) in [6.45, 7) is 0. The second kappa shape index (κ2) is 16.1. The average Bonchev–Trinajstić information content (AvgIpc) is 4.06. The van der Waals surface area contributed by atoms with Gasteiger partial charge in [0.05, 0.1) is 27.5 Å². The largest absolute Gasteiger partial charge is 0.309 e. The second-order valence-corrected chi connectivity index (χ2v) is 18.7. The zero-order valence-corrected chi connectivity index (χ0v) is 38.5. The highest BCUT2D eigenvalue weighted by atomic mass is 15.0. The summed E-state index contributed by atoms with van der Waals surface area (Å²) in [4.78, 5) is 0. The lowest BCUT2D eigenvalue weighted by atomic mass is 9.67. The van der Waals surface area contributed by atoms with E-state index in [0.717, 1.165) is 11.4 Å². The molecule has 1 aliphatic carbocycles. The highest BCUT2D eigenvalue weighted by Gasteiger charge is 2.46. The lowest BCUT2D eigenvalue weighted by molar-refractivity contribution is 0.765. The predicted octanol–water partition coefficient (Wildman–Crippen LogP) is 17.1. The molecule has 0 spiro atoms. The lowest BCUT2D eigenvalue weighted by Gasteiger charge is -2.34. The van der Waals surface area contributed by atoms with Crippen LogP contribution in [0.5, 0.6) is 0 Å². The van der Waals surface area contributed by atoms with Crippen LogP contribution in [0.15, 0.2) is 273 Å². The average molecular weight is 891 g/mol. The summed E-state index contributed by atoms with van der Waals surface area (Å²) < 4.78 is 4.91. The summed E-state index contributed by atoms with van der Waals surface area (Å²) in [5.41, 5.74) is 20.4. The van der Waals surface area contributed by atoms with Crippen molar-refractivity contribution in [2.24, 2.45) is 0 Å². The third-order valence-electron chi connectivity index (χ3n) is 15.1. The van der Waals surface area contributed by atoms with Gasteiger partial charge in [-0.1, -0.05) is 212 Å². The standard InChI is InChI=1S/C68H46N2/c1-6-22-46(23-7-1)66(48-38-40-55-54-32-16-19-35-61(54)68(62(55)45-48,50-24-8-2-9-25-50)51-26-10-3-11-27-51)60-44-49(43-59-57-34-18-21-37-64(57)70(67(59)60)53-30-14-5-15-31-53)47-39-41-65-58(42-47)56-33-17-20-36-63(56)69(65)52-28-12-4-13-29-52/h1-45,66H. The van der Waals surface area contributed by atoms with E-state index in [9.17, 15) is 0 Å². The Kier molecular flexibility index (Phi) is 9.22. The first-order chi connectivity index (χ1) is 34.8. The molecule has 2 heteroatoms. The van der Waals surface area contributed by atoms with E-state index in [4.69, 9.17) is 0 Å². The number of rotatable bonds is 8. The van der Waals surface area contributed by atoms with E-state index in [-0.39, 0.29) is 5.92 Å². The van der Waals surface area contributed by atoms with E-state index in [1.54, 1.807) is 0 Å². The topological polar surface area (TPSA) is 9.86 Å². The second-order valence-electron chi connectivity index (χ2n) is 18.7. The van der Waals surface area contributed by atoms with Crippen LogP contribution in [-0.2, 0) is 5.41 Å². The van der Waals surface area contributed by atoms with Crippen LogP contribution in [-0.4, -0.2) is 9.13 Å². The Morgan fingerprint density at radius 1 is 0.300 bits per heavy atom. The quantitative estimate of drug-likeness (QED) is 0.135. The van der Waals surface area contributed by atoms with Gasteiger partial charge in [0.2, 0.25) is 0 Å². The van der Waals surface area contributed by atoms with Gasteiger partial charge >= 0.3 is 0 Å². The van der Waals surface area contributed by atoms with E-state index in [0.29, 0.717) is 0 Å². The lowest BCUT2D eigenvalue weighted by Crippen LogP contribution is -2.28. The molecule has 0 aliphatic heterocycles. The molecule has 1 unspecified atom stereocenters. The molecule has 328 valence electrons. The van der Waals surface area contributed by atoms with Crippen molar-refractivity contribution in [3.8, 4) is 33.6 Å². The van der Waals surface area contributed by atoms with Gasteiger partial charge in [-0.25, -0.2) is 0 Å². The minimum absolute atomic E-state index is 0.141. The minimum atomic E-state index is -0.532. The fourth-order valence-corrected chi connectivity index (χ4v) is 12.2.